The van der Waals surface area contributed by atoms with Gasteiger partial charge < -0.3 is 0 Å². The van der Waals surface area contributed by atoms with Gasteiger partial charge in [-0.3, -0.25) is 4.79 Å². The quantitative estimate of drug-likeness (QED) is 0.699. The number of Topliss-reactive ketones (excluding diaryl/α,β-unsaturated/α-hetero) is 1. The summed E-state index contributed by atoms with van der Waals surface area (Å²) >= 11 is 1.62. The molecule has 1 atom stereocenters. The van der Waals surface area contributed by atoms with Gasteiger partial charge in [-0.05, 0) is 23.5 Å². The van der Waals surface area contributed by atoms with Crippen molar-refractivity contribution in [1.82, 2.24) is 0 Å². The Bertz CT molecular complexity index is 367. The number of ketones is 1. The molecule has 1 heterocycles. The molecule has 1 nitrogen and oxygen atoms in total. The Morgan fingerprint density at radius 1 is 1.29 bits per heavy atom. The topological polar surface area (TPSA) is 17.1 Å². The number of hydrogen-bond acceptors (Lipinski definition) is 2. The number of benzene rings is 1. The van der Waals surface area contributed by atoms with Crippen LogP contribution in [0.3, 0.4) is 0 Å². The van der Waals surface area contributed by atoms with Crippen molar-refractivity contribution in [3.8, 4) is 0 Å². The summed E-state index contributed by atoms with van der Waals surface area (Å²) in [5.41, 5.74) is 2.32. The zero-order valence-corrected chi connectivity index (χ0v) is 8.88. The summed E-state index contributed by atoms with van der Waals surface area (Å²) in [6.45, 7) is 1.96. The van der Waals surface area contributed by atoms with Crippen LogP contribution in [-0.2, 0) is 4.79 Å². The maximum Gasteiger partial charge on any atom is 0.150 e. The van der Waals surface area contributed by atoms with E-state index in [1.807, 2.05) is 25.1 Å². The van der Waals surface area contributed by atoms with E-state index in [-0.39, 0.29) is 5.25 Å². The average Bonchev–Trinajstić information content (AvgIpc) is 2.23. The first-order chi connectivity index (χ1) is 6.77. The van der Waals surface area contributed by atoms with E-state index in [0.29, 0.717) is 12.2 Å². The molecule has 0 spiro atoms. The highest BCUT2D eigenvalue weighted by atomic mass is 32.2. The maximum atomic E-state index is 11.5. The second-order valence-electron chi connectivity index (χ2n) is 3.43. The summed E-state index contributed by atoms with van der Waals surface area (Å²) < 4.78 is 0. The number of allylic oxidation sites excluding steroid dienone is 1. The molecule has 0 N–H and O–H groups in total. The van der Waals surface area contributed by atoms with Crippen LogP contribution in [0.25, 0.3) is 5.57 Å². The first-order valence-corrected chi connectivity index (χ1v) is 5.64. The molecular weight excluding hydrogens is 192 g/mol. The minimum Gasteiger partial charge on any atom is -0.298 e. The molecule has 72 valence electrons. The first kappa shape index (κ1) is 9.53. The van der Waals surface area contributed by atoms with Crippen LogP contribution >= 0.6 is 11.8 Å². The molecule has 0 amide bonds. The van der Waals surface area contributed by atoms with Gasteiger partial charge in [0.25, 0.3) is 0 Å². The molecule has 0 radical (unpaired) electrons. The van der Waals surface area contributed by atoms with Gasteiger partial charge in [0.1, 0.15) is 5.78 Å². The van der Waals surface area contributed by atoms with Gasteiger partial charge in [-0.2, -0.15) is 0 Å². The normalized spacial score (nSPS) is 21.9. The minimum atomic E-state index is 0.127. The lowest BCUT2D eigenvalue weighted by Gasteiger charge is -2.16. The van der Waals surface area contributed by atoms with Gasteiger partial charge in [-0.25, -0.2) is 0 Å². The van der Waals surface area contributed by atoms with Crippen LogP contribution in [0.1, 0.15) is 18.9 Å². The maximum absolute atomic E-state index is 11.5. The van der Waals surface area contributed by atoms with Crippen molar-refractivity contribution in [2.75, 3.05) is 0 Å². The summed E-state index contributed by atoms with van der Waals surface area (Å²) in [5.74, 6) is 0.330. The molecule has 0 fully saturated rings. The van der Waals surface area contributed by atoms with Crippen molar-refractivity contribution in [1.29, 1.82) is 0 Å². The van der Waals surface area contributed by atoms with E-state index in [0.717, 1.165) is 5.57 Å². The predicted octanol–water partition coefficient (Wildman–Crippen LogP) is 3.12. The number of carbonyl (C=O) groups is 1. The van der Waals surface area contributed by atoms with Gasteiger partial charge >= 0.3 is 0 Å². The molecule has 0 bridgehead atoms. The Kier molecular flexibility index (Phi) is 2.73. The van der Waals surface area contributed by atoms with Crippen molar-refractivity contribution < 1.29 is 4.79 Å². The fourth-order valence-corrected chi connectivity index (χ4v) is 2.28. The van der Waals surface area contributed by atoms with Crippen molar-refractivity contribution >= 4 is 23.1 Å². The molecule has 1 unspecified atom stereocenters. The fraction of sp³-hybridized carbons (Fsp3) is 0.250. The lowest BCUT2D eigenvalue weighted by Crippen LogP contribution is -2.15. The van der Waals surface area contributed by atoms with Crippen LogP contribution in [0, 0.1) is 0 Å². The molecule has 1 aromatic rings. The molecule has 0 aromatic heterocycles. The van der Waals surface area contributed by atoms with Crippen LogP contribution in [0.5, 0.6) is 0 Å². The van der Waals surface area contributed by atoms with Gasteiger partial charge in [0.2, 0.25) is 0 Å². The van der Waals surface area contributed by atoms with Gasteiger partial charge in [0.05, 0.1) is 5.25 Å². The number of carbonyl (C=O) groups excluding carboxylic acids is 1. The lowest BCUT2D eigenvalue weighted by atomic mass is 10.0. The second kappa shape index (κ2) is 4.01. The van der Waals surface area contributed by atoms with Gasteiger partial charge in [0, 0.05) is 6.42 Å². The molecule has 1 aromatic carbocycles. The van der Waals surface area contributed by atoms with Crippen molar-refractivity contribution in [3.63, 3.8) is 0 Å². The number of hydrogen-bond donors (Lipinski definition) is 0. The van der Waals surface area contributed by atoms with Crippen LogP contribution in [-0.4, -0.2) is 11.0 Å². The van der Waals surface area contributed by atoms with E-state index < -0.39 is 0 Å². The highest BCUT2D eigenvalue weighted by Gasteiger charge is 2.19. The smallest absolute Gasteiger partial charge is 0.150 e. The third-order valence-corrected chi connectivity index (χ3v) is 3.47. The standard InChI is InChI=1S/C12H12OS/c1-9-12(13)7-11(8-14-9)10-5-3-2-4-6-10/h2-6,8-9H,7H2,1H3. The molecular formula is C12H12OS. The lowest BCUT2D eigenvalue weighted by molar-refractivity contribution is -0.117. The van der Waals surface area contributed by atoms with Gasteiger partial charge in [0.15, 0.2) is 0 Å². The molecule has 1 aliphatic rings. The van der Waals surface area contributed by atoms with Crippen LogP contribution in [0.15, 0.2) is 35.7 Å². The predicted molar refractivity (Wildman–Crippen MR) is 61.1 cm³/mol. The molecule has 0 saturated heterocycles. The summed E-state index contributed by atoms with van der Waals surface area (Å²) in [6, 6.07) is 10.1. The van der Waals surface area contributed by atoms with E-state index in [2.05, 4.69) is 17.5 Å². The van der Waals surface area contributed by atoms with E-state index in [4.69, 9.17) is 0 Å². The van der Waals surface area contributed by atoms with Gasteiger partial charge in [-0.1, -0.05) is 30.3 Å². The zero-order valence-electron chi connectivity index (χ0n) is 8.07. The third kappa shape index (κ3) is 1.90. The molecule has 2 rings (SSSR count). The summed E-state index contributed by atoms with van der Waals surface area (Å²) in [7, 11) is 0. The molecule has 2 heteroatoms. The largest absolute Gasteiger partial charge is 0.298 e. The van der Waals surface area contributed by atoms with Crippen LogP contribution < -0.4 is 0 Å². The zero-order chi connectivity index (χ0) is 9.97. The summed E-state index contributed by atoms with van der Waals surface area (Å²) in [5, 5.41) is 2.24. The average molecular weight is 204 g/mol. The second-order valence-corrected chi connectivity index (χ2v) is 4.65. The number of rotatable bonds is 1. The van der Waals surface area contributed by atoms with Crippen LogP contribution in [0.4, 0.5) is 0 Å². The summed E-state index contributed by atoms with van der Waals surface area (Å²) in [4.78, 5) is 11.5. The van der Waals surface area contributed by atoms with Crippen LogP contribution in [0.2, 0.25) is 0 Å². The molecule has 1 aliphatic heterocycles. The monoisotopic (exact) mass is 204 g/mol. The van der Waals surface area contributed by atoms with E-state index >= 15 is 0 Å². The SMILES string of the molecule is CC1SC=C(c2ccccc2)CC1=O. The van der Waals surface area contributed by atoms with Crippen molar-refractivity contribution in [3.05, 3.63) is 41.3 Å². The highest BCUT2D eigenvalue weighted by Crippen LogP contribution is 2.31. The van der Waals surface area contributed by atoms with Crippen molar-refractivity contribution in [2.24, 2.45) is 0 Å². The minimum absolute atomic E-state index is 0.127. The Hall–Kier alpha value is -1.02. The highest BCUT2D eigenvalue weighted by molar-refractivity contribution is 8.03. The third-order valence-electron chi connectivity index (χ3n) is 2.38. The van der Waals surface area contributed by atoms with Gasteiger partial charge in [-0.15, -0.1) is 11.8 Å². The molecule has 0 saturated carbocycles. The molecule has 0 aliphatic carbocycles. The van der Waals surface area contributed by atoms with E-state index in [1.165, 1.54) is 5.56 Å². The Morgan fingerprint density at radius 2 is 2.00 bits per heavy atom. The van der Waals surface area contributed by atoms with E-state index in [1.54, 1.807) is 11.8 Å². The fourth-order valence-electron chi connectivity index (χ4n) is 1.46. The van der Waals surface area contributed by atoms with Crippen molar-refractivity contribution in [2.45, 2.75) is 18.6 Å². The molecule has 14 heavy (non-hydrogen) atoms. The Labute approximate surface area is 88.2 Å². The number of thioether (sulfide) groups is 1. The summed E-state index contributed by atoms with van der Waals surface area (Å²) in [6.07, 6.45) is 0.582. The Morgan fingerprint density at radius 3 is 2.64 bits per heavy atom. The first-order valence-electron chi connectivity index (χ1n) is 4.70. The van der Waals surface area contributed by atoms with E-state index in [9.17, 15) is 4.79 Å². The Balaban J connectivity index is 2.25.